The molecule has 1 N–H and O–H groups in total. The Kier molecular flexibility index (Phi) is 10.6. The first-order valence-corrected chi connectivity index (χ1v) is 16.8. The maximum atomic E-state index is 10.1. The molecule has 0 saturated carbocycles. The summed E-state index contributed by atoms with van der Waals surface area (Å²) in [5.41, 5.74) is 9.34. The monoisotopic (exact) mass is 855 g/mol. The first kappa shape index (κ1) is 37.5. The number of anilines is 2. The van der Waals surface area contributed by atoms with E-state index in [2.05, 4.69) is 161 Å². The Balaban J connectivity index is 0.000000441. The summed E-state index contributed by atoms with van der Waals surface area (Å²) in [6.07, 6.45) is 5.71. The van der Waals surface area contributed by atoms with Crippen LogP contribution in [0.25, 0.3) is 11.3 Å². The number of carbonyl (C=O) groups is 1. The number of hydrogen-bond donors (Lipinski definition) is 1. The first-order chi connectivity index (χ1) is 23.7. The number of aromatic nitrogens is 2. The number of nitrogens with zero attached hydrogens (tertiary/aromatic N) is 5. The van der Waals surface area contributed by atoms with Crippen LogP contribution in [-0.4, -0.2) is 44.9 Å². The van der Waals surface area contributed by atoms with Crippen LogP contribution in [0.1, 0.15) is 80.0 Å². The van der Waals surface area contributed by atoms with Crippen LogP contribution in [0, 0.1) is 18.8 Å². The van der Waals surface area contributed by atoms with E-state index < -0.39 is 11.5 Å². The van der Waals surface area contributed by atoms with Crippen LogP contribution in [0.3, 0.4) is 0 Å². The number of pyridine rings is 2. The smallest absolute Gasteiger partial charge is 0.511 e. The summed E-state index contributed by atoms with van der Waals surface area (Å²) in [5, 5.41) is 8.32. The Labute approximate surface area is 316 Å². The predicted octanol–water partition coefficient (Wildman–Crippen LogP) is 8.93. The van der Waals surface area contributed by atoms with Crippen molar-refractivity contribution >= 4 is 17.3 Å². The summed E-state index contributed by atoms with van der Waals surface area (Å²) in [7, 11) is 4.28. The molecule has 4 heterocycles. The van der Waals surface area contributed by atoms with Gasteiger partial charge in [0.2, 0.25) is 0 Å². The molecule has 0 saturated heterocycles. The molecule has 0 radical (unpaired) electrons. The number of carboxylic acid groups (broad SMARTS) is 1. The van der Waals surface area contributed by atoms with Gasteiger partial charge in [-0.05, 0) is 72.8 Å². The van der Waals surface area contributed by atoms with Crippen molar-refractivity contribution in [3.63, 3.8) is 0 Å². The Morgan fingerprint density at radius 3 is 2.20 bits per heavy atom. The van der Waals surface area contributed by atoms with Crippen molar-refractivity contribution in [2.75, 3.05) is 19.0 Å². The molecule has 3 aromatic carbocycles. The molecule has 5 aromatic rings. The van der Waals surface area contributed by atoms with Crippen molar-refractivity contribution in [3.05, 3.63) is 162 Å². The SMILES string of the molecule is CN1C=CN([C@@]2(c3cccc(-c4[c-]cccc4)n3)c3[c-]ccc(C(C)(C)C)c3N(C)c3cc(C(C)(C)C)ccc32)[CH-]1.O=C(O)c1ccccn1.[Ir+3]. The summed E-state index contributed by atoms with van der Waals surface area (Å²) in [4.78, 5) is 25.9. The van der Waals surface area contributed by atoms with Crippen LogP contribution in [0.15, 0.2) is 110 Å². The molecule has 0 amide bonds. The van der Waals surface area contributed by atoms with E-state index >= 15 is 0 Å². The zero-order chi connectivity index (χ0) is 35.8. The van der Waals surface area contributed by atoms with E-state index in [9.17, 15) is 4.79 Å². The number of benzene rings is 3. The summed E-state index contributed by atoms with van der Waals surface area (Å²) in [6.45, 7) is 15.9. The maximum absolute atomic E-state index is 10.1. The molecule has 0 spiro atoms. The minimum Gasteiger partial charge on any atom is -0.511 e. The van der Waals surface area contributed by atoms with Gasteiger partial charge in [-0.15, -0.1) is 47.0 Å². The quantitative estimate of drug-likeness (QED) is 0.181. The molecule has 51 heavy (non-hydrogen) atoms. The number of carboxylic acids is 1. The topological polar surface area (TPSA) is 72.8 Å². The number of fused-ring (bicyclic) bond motifs is 2. The Morgan fingerprint density at radius 2 is 1.61 bits per heavy atom. The number of rotatable bonds is 4. The molecule has 2 aromatic heterocycles. The maximum Gasteiger partial charge on any atom is 3.00 e. The first-order valence-electron chi connectivity index (χ1n) is 16.8. The zero-order valence-corrected chi connectivity index (χ0v) is 32.8. The second-order valence-electron chi connectivity index (χ2n) is 14.8. The van der Waals surface area contributed by atoms with Crippen molar-refractivity contribution < 1.29 is 30.0 Å². The second-order valence-corrected chi connectivity index (χ2v) is 14.8. The Morgan fingerprint density at radius 1 is 0.843 bits per heavy atom. The van der Waals surface area contributed by atoms with Crippen molar-refractivity contribution in [2.45, 2.75) is 57.9 Å². The fraction of sp³-hybridized carbons (Fsp3) is 0.256. The summed E-state index contributed by atoms with van der Waals surface area (Å²) in [6, 6.07) is 37.6. The molecule has 7 nitrogen and oxygen atoms in total. The normalized spacial score (nSPS) is 16.4. The van der Waals surface area contributed by atoms with Gasteiger partial charge in [0.25, 0.3) is 0 Å². The summed E-state index contributed by atoms with van der Waals surface area (Å²) >= 11 is 0. The van der Waals surface area contributed by atoms with Gasteiger partial charge < -0.3 is 19.8 Å². The molecular weight excluding hydrogens is 811 g/mol. The molecular formula is C43H44IrN5O2. The molecule has 8 heteroatoms. The van der Waals surface area contributed by atoms with E-state index in [-0.39, 0.29) is 36.6 Å². The molecule has 0 bridgehead atoms. The van der Waals surface area contributed by atoms with E-state index in [1.54, 1.807) is 12.1 Å². The van der Waals surface area contributed by atoms with Crippen LogP contribution in [-0.2, 0) is 36.5 Å². The largest absolute Gasteiger partial charge is 3.00 e. The third kappa shape index (κ3) is 7.08. The fourth-order valence-corrected chi connectivity index (χ4v) is 6.70. The molecule has 2 aliphatic rings. The van der Waals surface area contributed by atoms with Gasteiger partial charge in [0, 0.05) is 17.4 Å². The van der Waals surface area contributed by atoms with E-state index in [0.717, 1.165) is 22.5 Å². The molecule has 0 fully saturated rings. The van der Waals surface area contributed by atoms with Gasteiger partial charge in [0.1, 0.15) is 5.69 Å². The number of aromatic carboxylic acids is 1. The van der Waals surface area contributed by atoms with Gasteiger partial charge in [0.15, 0.2) is 0 Å². The van der Waals surface area contributed by atoms with Gasteiger partial charge in [-0.2, -0.15) is 24.9 Å². The minimum absolute atomic E-state index is 0. The van der Waals surface area contributed by atoms with Gasteiger partial charge in [0.05, 0.1) is 11.2 Å². The summed E-state index contributed by atoms with van der Waals surface area (Å²) < 4.78 is 0. The average molecular weight is 855 g/mol. The molecule has 0 unspecified atom stereocenters. The van der Waals surface area contributed by atoms with Gasteiger partial charge in [-0.25, -0.2) is 9.78 Å². The van der Waals surface area contributed by atoms with Crippen LogP contribution >= 0.6 is 0 Å². The van der Waals surface area contributed by atoms with Gasteiger partial charge in [-0.3, -0.25) is 4.98 Å². The summed E-state index contributed by atoms with van der Waals surface area (Å²) in [5.74, 6) is -0.990. The van der Waals surface area contributed by atoms with Crippen LogP contribution in [0.4, 0.5) is 11.4 Å². The third-order valence-corrected chi connectivity index (χ3v) is 9.23. The third-order valence-electron chi connectivity index (χ3n) is 9.23. The average Bonchev–Trinajstić information content (AvgIpc) is 3.54. The van der Waals surface area contributed by atoms with Crippen molar-refractivity contribution in [1.29, 1.82) is 0 Å². The predicted molar refractivity (Wildman–Crippen MR) is 200 cm³/mol. The minimum atomic E-state index is -0.990. The second kappa shape index (κ2) is 14.5. The van der Waals surface area contributed by atoms with Crippen LogP contribution in [0.2, 0.25) is 0 Å². The van der Waals surface area contributed by atoms with E-state index in [1.165, 1.54) is 40.3 Å². The van der Waals surface area contributed by atoms with Crippen molar-refractivity contribution in [2.24, 2.45) is 0 Å². The van der Waals surface area contributed by atoms with E-state index in [1.807, 2.05) is 18.2 Å². The van der Waals surface area contributed by atoms with E-state index in [4.69, 9.17) is 10.1 Å². The Hall–Kier alpha value is -4.78. The fourth-order valence-electron chi connectivity index (χ4n) is 6.70. The Bertz CT molecular complexity index is 2040. The zero-order valence-electron chi connectivity index (χ0n) is 30.4. The van der Waals surface area contributed by atoms with Gasteiger partial charge in [-0.1, -0.05) is 77.6 Å². The molecule has 0 aliphatic carbocycles. The molecule has 1 atom stereocenters. The van der Waals surface area contributed by atoms with Crippen LogP contribution < -0.4 is 4.90 Å². The molecule has 262 valence electrons. The standard InChI is InChI=1S/C37H39N4.C6H5NO2.Ir/c1-35(2,3)27-20-21-28-32(24-27)40(8)34-29(36(4,5)6)16-12-17-30(34)37(28,41-23-22-39(7)25-41)33-19-13-18-31(38-33)26-14-10-9-11-15-26;8-6(9)5-3-1-2-4-7-5;/h9-14,16,18-25H,1-8H3;1-4H,(H,8,9);/q-3;;+3/t37-;;/m1../s1. The molecule has 7 rings (SSSR count). The molecule has 2 aliphatic heterocycles. The van der Waals surface area contributed by atoms with Crippen molar-refractivity contribution in [3.8, 4) is 11.3 Å². The van der Waals surface area contributed by atoms with E-state index in [0.29, 0.717) is 0 Å². The van der Waals surface area contributed by atoms with Gasteiger partial charge >= 0.3 is 26.1 Å². The van der Waals surface area contributed by atoms with Crippen LogP contribution in [0.5, 0.6) is 0 Å². The van der Waals surface area contributed by atoms with Crippen molar-refractivity contribution in [1.82, 2.24) is 19.8 Å². The number of hydrogen-bond acceptors (Lipinski definition) is 6.